The number of carbonyl (C=O) groups excluding carboxylic acids is 1. The highest BCUT2D eigenvalue weighted by atomic mass is 35.5. The van der Waals surface area contributed by atoms with Crippen LogP contribution < -0.4 is 5.73 Å². The topological polar surface area (TPSA) is 55.6 Å². The Morgan fingerprint density at radius 3 is 2.90 bits per heavy atom. The SMILES string of the molecule is Cl.NCCC(=O)N(Cc1cccc(F)c1)CC1CCCO1. The van der Waals surface area contributed by atoms with Gasteiger partial charge in [0.15, 0.2) is 0 Å². The lowest BCUT2D eigenvalue weighted by molar-refractivity contribution is -0.133. The first-order valence-electron chi connectivity index (χ1n) is 7.03. The van der Waals surface area contributed by atoms with Crippen molar-refractivity contribution in [1.29, 1.82) is 0 Å². The van der Waals surface area contributed by atoms with Crippen LogP contribution in [0.1, 0.15) is 24.8 Å². The van der Waals surface area contributed by atoms with Gasteiger partial charge in [0.2, 0.25) is 5.91 Å². The number of amides is 1. The molecule has 2 N–H and O–H groups in total. The smallest absolute Gasteiger partial charge is 0.224 e. The molecule has 1 aliphatic rings. The zero-order chi connectivity index (χ0) is 14.4. The van der Waals surface area contributed by atoms with Gasteiger partial charge in [-0.15, -0.1) is 12.4 Å². The molecule has 1 saturated heterocycles. The van der Waals surface area contributed by atoms with E-state index < -0.39 is 0 Å². The van der Waals surface area contributed by atoms with E-state index in [0.717, 1.165) is 25.0 Å². The summed E-state index contributed by atoms with van der Waals surface area (Å²) < 4.78 is 18.8. The highest BCUT2D eigenvalue weighted by molar-refractivity contribution is 5.85. The predicted octanol–water partition coefficient (Wildman–Crippen LogP) is 2.10. The maximum Gasteiger partial charge on any atom is 0.224 e. The standard InChI is InChI=1S/C15H21FN2O2.ClH/c16-13-4-1-3-12(9-13)10-18(15(19)6-7-17)11-14-5-2-8-20-14;/h1,3-4,9,14H,2,5-8,10-11,17H2;1H. The van der Waals surface area contributed by atoms with Gasteiger partial charge in [-0.1, -0.05) is 12.1 Å². The first-order valence-corrected chi connectivity index (χ1v) is 7.03. The van der Waals surface area contributed by atoms with E-state index in [1.807, 2.05) is 6.07 Å². The lowest BCUT2D eigenvalue weighted by Crippen LogP contribution is -2.37. The third-order valence-electron chi connectivity index (χ3n) is 3.42. The third-order valence-corrected chi connectivity index (χ3v) is 3.42. The van der Waals surface area contributed by atoms with Crippen molar-refractivity contribution in [2.45, 2.75) is 31.9 Å². The number of nitrogens with two attached hydrogens (primary N) is 1. The van der Waals surface area contributed by atoms with Crippen molar-refractivity contribution in [3.63, 3.8) is 0 Å². The van der Waals surface area contributed by atoms with Gasteiger partial charge in [0.05, 0.1) is 6.10 Å². The average molecular weight is 317 g/mol. The number of carbonyl (C=O) groups is 1. The number of hydrogen-bond acceptors (Lipinski definition) is 3. The second-order valence-electron chi connectivity index (χ2n) is 5.08. The predicted molar refractivity (Wildman–Crippen MR) is 81.7 cm³/mol. The van der Waals surface area contributed by atoms with Crippen LogP contribution in [-0.2, 0) is 16.1 Å². The first kappa shape index (κ1) is 17.9. The first-order chi connectivity index (χ1) is 9.69. The van der Waals surface area contributed by atoms with Crippen molar-refractivity contribution in [2.24, 2.45) is 5.73 Å². The van der Waals surface area contributed by atoms with Crippen molar-refractivity contribution < 1.29 is 13.9 Å². The molecule has 0 bridgehead atoms. The average Bonchev–Trinajstić information content (AvgIpc) is 2.91. The molecule has 0 radical (unpaired) electrons. The summed E-state index contributed by atoms with van der Waals surface area (Å²) in [5.41, 5.74) is 6.24. The highest BCUT2D eigenvalue weighted by Gasteiger charge is 2.22. The van der Waals surface area contributed by atoms with Crippen molar-refractivity contribution in [3.8, 4) is 0 Å². The molecule has 1 aromatic rings. The molecular formula is C15H22ClFN2O2. The van der Waals surface area contributed by atoms with Crippen LogP contribution in [0, 0.1) is 5.82 Å². The van der Waals surface area contributed by atoms with Gasteiger partial charge in [0.25, 0.3) is 0 Å². The normalized spacial score (nSPS) is 17.3. The summed E-state index contributed by atoms with van der Waals surface area (Å²) in [4.78, 5) is 13.8. The molecule has 0 spiro atoms. The summed E-state index contributed by atoms with van der Waals surface area (Å²) in [6, 6.07) is 6.33. The van der Waals surface area contributed by atoms with Crippen LogP contribution in [0.15, 0.2) is 24.3 Å². The quantitative estimate of drug-likeness (QED) is 0.874. The molecule has 1 fully saturated rings. The second kappa shape index (κ2) is 8.97. The fraction of sp³-hybridized carbons (Fsp3) is 0.533. The van der Waals surface area contributed by atoms with Crippen LogP contribution in [0.5, 0.6) is 0 Å². The number of halogens is 2. The van der Waals surface area contributed by atoms with E-state index in [0.29, 0.717) is 26.1 Å². The number of nitrogens with zero attached hydrogens (tertiary/aromatic N) is 1. The van der Waals surface area contributed by atoms with Crippen LogP contribution in [0.3, 0.4) is 0 Å². The number of ether oxygens (including phenoxy) is 1. The van der Waals surface area contributed by atoms with Gasteiger partial charge in [-0.25, -0.2) is 4.39 Å². The maximum atomic E-state index is 13.2. The molecule has 0 saturated carbocycles. The Kier molecular flexibility index (Phi) is 7.64. The maximum absolute atomic E-state index is 13.2. The molecule has 1 heterocycles. The van der Waals surface area contributed by atoms with Crippen molar-refractivity contribution in [2.75, 3.05) is 19.7 Å². The van der Waals surface area contributed by atoms with E-state index in [1.54, 1.807) is 11.0 Å². The van der Waals surface area contributed by atoms with Crippen molar-refractivity contribution in [1.82, 2.24) is 4.90 Å². The van der Waals surface area contributed by atoms with Gasteiger partial charge < -0.3 is 15.4 Å². The Balaban J connectivity index is 0.00000220. The monoisotopic (exact) mass is 316 g/mol. The molecule has 0 aliphatic carbocycles. The molecule has 2 rings (SSSR count). The molecule has 118 valence electrons. The van der Waals surface area contributed by atoms with E-state index in [1.165, 1.54) is 12.1 Å². The molecule has 4 nitrogen and oxygen atoms in total. The molecule has 1 aromatic carbocycles. The fourth-order valence-electron chi connectivity index (χ4n) is 2.43. The van der Waals surface area contributed by atoms with Crippen molar-refractivity contribution >= 4 is 18.3 Å². The van der Waals surface area contributed by atoms with Gasteiger partial charge in [0.1, 0.15) is 5.82 Å². The molecule has 1 aliphatic heterocycles. The summed E-state index contributed by atoms with van der Waals surface area (Å²) >= 11 is 0. The van der Waals surface area contributed by atoms with E-state index in [9.17, 15) is 9.18 Å². The Labute approximate surface area is 130 Å². The molecule has 1 atom stereocenters. The Bertz CT molecular complexity index is 453. The van der Waals surface area contributed by atoms with Crippen LogP contribution in [0.4, 0.5) is 4.39 Å². The van der Waals surface area contributed by atoms with Crippen LogP contribution in [0.25, 0.3) is 0 Å². The molecule has 6 heteroatoms. The van der Waals surface area contributed by atoms with E-state index in [2.05, 4.69) is 0 Å². The lowest BCUT2D eigenvalue weighted by Gasteiger charge is -2.25. The molecule has 1 amide bonds. The highest BCUT2D eigenvalue weighted by Crippen LogP contribution is 2.16. The number of hydrogen-bond donors (Lipinski definition) is 1. The third kappa shape index (κ3) is 5.61. The zero-order valence-electron chi connectivity index (χ0n) is 12.0. The van der Waals surface area contributed by atoms with Gasteiger partial charge >= 0.3 is 0 Å². The van der Waals surface area contributed by atoms with E-state index >= 15 is 0 Å². The summed E-state index contributed by atoms with van der Waals surface area (Å²) in [6.45, 7) is 2.03. The lowest BCUT2D eigenvalue weighted by atomic mass is 10.1. The summed E-state index contributed by atoms with van der Waals surface area (Å²) in [5, 5.41) is 0. The van der Waals surface area contributed by atoms with Gasteiger partial charge in [-0.3, -0.25) is 4.79 Å². The molecule has 21 heavy (non-hydrogen) atoms. The minimum Gasteiger partial charge on any atom is -0.376 e. The Morgan fingerprint density at radius 2 is 2.29 bits per heavy atom. The Hall–Kier alpha value is -1.17. The van der Waals surface area contributed by atoms with E-state index in [-0.39, 0.29) is 30.2 Å². The zero-order valence-corrected chi connectivity index (χ0v) is 12.8. The molecular weight excluding hydrogens is 295 g/mol. The van der Waals surface area contributed by atoms with Crippen LogP contribution >= 0.6 is 12.4 Å². The summed E-state index contributed by atoms with van der Waals surface area (Å²) in [6.07, 6.45) is 2.39. The molecule has 0 aromatic heterocycles. The van der Waals surface area contributed by atoms with Gasteiger partial charge in [0, 0.05) is 32.7 Å². The number of benzene rings is 1. The minimum absolute atomic E-state index is 0. The second-order valence-corrected chi connectivity index (χ2v) is 5.08. The molecule has 1 unspecified atom stereocenters. The Morgan fingerprint density at radius 1 is 1.48 bits per heavy atom. The van der Waals surface area contributed by atoms with Gasteiger partial charge in [-0.05, 0) is 30.5 Å². The summed E-state index contributed by atoms with van der Waals surface area (Å²) in [7, 11) is 0. The van der Waals surface area contributed by atoms with Crippen LogP contribution in [0.2, 0.25) is 0 Å². The minimum atomic E-state index is -0.286. The van der Waals surface area contributed by atoms with Crippen LogP contribution in [-0.4, -0.2) is 36.6 Å². The number of rotatable bonds is 6. The summed E-state index contributed by atoms with van der Waals surface area (Å²) in [5.74, 6) is -0.293. The van der Waals surface area contributed by atoms with Crippen molar-refractivity contribution in [3.05, 3.63) is 35.6 Å². The van der Waals surface area contributed by atoms with E-state index in [4.69, 9.17) is 10.5 Å². The van der Waals surface area contributed by atoms with Gasteiger partial charge in [-0.2, -0.15) is 0 Å². The fourth-order valence-corrected chi connectivity index (χ4v) is 2.43. The largest absolute Gasteiger partial charge is 0.376 e.